The Morgan fingerprint density at radius 2 is 1.97 bits per heavy atom. The molecule has 10 heteroatoms. The van der Waals surface area contributed by atoms with Gasteiger partial charge in [0.2, 0.25) is 5.91 Å². The quantitative estimate of drug-likeness (QED) is 0.377. The van der Waals surface area contributed by atoms with Gasteiger partial charge in [0.05, 0.1) is 30.6 Å². The van der Waals surface area contributed by atoms with E-state index >= 15 is 0 Å². The fraction of sp³-hybridized carbons (Fsp3) is 0.348. The Morgan fingerprint density at radius 3 is 2.67 bits per heavy atom. The van der Waals surface area contributed by atoms with Crippen molar-refractivity contribution in [1.29, 1.82) is 0 Å². The van der Waals surface area contributed by atoms with Gasteiger partial charge in [-0.1, -0.05) is 11.8 Å². The molecule has 1 fully saturated rings. The van der Waals surface area contributed by atoms with E-state index in [1.807, 2.05) is 16.7 Å². The molecule has 2 aromatic heterocycles. The number of carbonyl (C=O) groups excluding carboxylic acids is 2. The molecule has 33 heavy (non-hydrogen) atoms. The molecule has 1 N–H and O–H groups in total. The van der Waals surface area contributed by atoms with Gasteiger partial charge < -0.3 is 14.8 Å². The summed E-state index contributed by atoms with van der Waals surface area (Å²) in [6.45, 7) is 3.46. The molecule has 0 unspecified atom stereocenters. The van der Waals surface area contributed by atoms with E-state index in [0.717, 1.165) is 30.8 Å². The first-order chi connectivity index (χ1) is 16.1. The number of ether oxygens (including phenoxy) is 2. The average molecular weight is 468 g/mol. The van der Waals surface area contributed by atoms with E-state index in [2.05, 4.69) is 20.5 Å². The molecular formula is C23H25N5O4S. The van der Waals surface area contributed by atoms with Crippen molar-refractivity contribution < 1.29 is 19.1 Å². The molecule has 172 valence electrons. The number of anilines is 1. The van der Waals surface area contributed by atoms with Gasteiger partial charge in [-0.25, -0.2) is 4.79 Å². The monoisotopic (exact) mass is 467 g/mol. The first kappa shape index (κ1) is 22.9. The van der Waals surface area contributed by atoms with Gasteiger partial charge in [-0.05, 0) is 56.2 Å². The molecule has 0 spiro atoms. The lowest BCUT2D eigenvalue weighted by molar-refractivity contribution is -0.113. The third-order valence-electron chi connectivity index (χ3n) is 5.08. The van der Waals surface area contributed by atoms with Crippen LogP contribution in [0.4, 0.5) is 5.69 Å². The third-order valence-corrected chi connectivity index (χ3v) is 6.04. The number of amides is 1. The highest BCUT2D eigenvalue weighted by Crippen LogP contribution is 2.26. The van der Waals surface area contributed by atoms with Gasteiger partial charge in [-0.15, -0.1) is 10.2 Å². The molecule has 1 atom stereocenters. The van der Waals surface area contributed by atoms with Gasteiger partial charge in [0.25, 0.3) is 0 Å². The zero-order valence-corrected chi connectivity index (χ0v) is 19.1. The summed E-state index contributed by atoms with van der Waals surface area (Å²) < 4.78 is 12.8. The summed E-state index contributed by atoms with van der Waals surface area (Å²) in [6.07, 6.45) is 5.56. The van der Waals surface area contributed by atoms with Crippen LogP contribution in [0.3, 0.4) is 0 Å². The Balaban J connectivity index is 1.41. The standard InChI is InChI=1S/C23H25N5O4S/c1-2-31-22(30)17-5-7-18(8-6-17)25-20(29)15-33-23-27-26-21(16-9-11-24-12-10-16)28(23)14-19-4-3-13-32-19/h5-12,19H,2-4,13-15H2,1H3,(H,25,29)/t19-/m1/s1. The Labute approximate surface area is 195 Å². The van der Waals surface area contributed by atoms with Crippen LogP contribution in [0.1, 0.15) is 30.1 Å². The highest BCUT2D eigenvalue weighted by Gasteiger charge is 2.22. The van der Waals surface area contributed by atoms with Gasteiger partial charge in [-0.2, -0.15) is 0 Å². The fourth-order valence-electron chi connectivity index (χ4n) is 3.50. The first-order valence-electron chi connectivity index (χ1n) is 10.8. The normalized spacial score (nSPS) is 15.4. The van der Waals surface area contributed by atoms with E-state index in [0.29, 0.717) is 29.6 Å². The lowest BCUT2D eigenvalue weighted by atomic mass is 10.2. The van der Waals surface area contributed by atoms with Gasteiger partial charge >= 0.3 is 5.97 Å². The number of carbonyl (C=O) groups is 2. The molecule has 0 aliphatic carbocycles. The minimum atomic E-state index is -0.387. The second-order valence-electron chi connectivity index (χ2n) is 7.42. The lowest BCUT2D eigenvalue weighted by Gasteiger charge is -2.14. The first-order valence-corrected chi connectivity index (χ1v) is 11.8. The fourth-order valence-corrected chi connectivity index (χ4v) is 4.25. The Hall–Kier alpha value is -3.24. The van der Waals surface area contributed by atoms with Gasteiger partial charge in [0.15, 0.2) is 11.0 Å². The van der Waals surface area contributed by atoms with Crippen LogP contribution in [0.25, 0.3) is 11.4 Å². The average Bonchev–Trinajstić information content (AvgIpc) is 3.49. The number of benzene rings is 1. The van der Waals surface area contributed by atoms with Crippen molar-refractivity contribution in [2.45, 2.75) is 37.6 Å². The summed E-state index contributed by atoms with van der Waals surface area (Å²) in [5.41, 5.74) is 1.95. The largest absolute Gasteiger partial charge is 0.462 e. The number of thioether (sulfide) groups is 1. The highest BCUT2D eigenvalue weighted by molar-refractivity contribution is 7.99. The number of esters is 1. The smallest absolute Gasteiger partial charge is 0.338 e. The predicted molar refractivity (Wildman–Crippen MR) is 124 cm³/mol. The van der Waals surface area contributed by atoms with Crippen LogP contribution in [0.5, 0.6) is 0 Å². The summed E-state index contributed by atoms with van der Waals surface area (Å²) in [5, 5.41) is 12.2. The molecule has 1 aromatic carbocycles. The van der Waals surface area contributed by atoms with Crippen LogP contribution in [0.15, 0.2) is 53.9 Å². The van der Waals surface area contributed by atoms with Crippen molar-refractivity contribution in [2.75, 3.05) is 24.3 Å². The predicted octanol–water partition coefficient (Wildman–Crippen LogP) is 3.43. The van der Waals surface area contributed by atoms with Crippen molar-refractivity contribution in [2.24, 2.45) is 0 Å². The minimum absolute atomic E-state index is 0.104. The number of nitrogens with one attached hydrogen (secondary N) is 1. The topological polar surface area (TPSA) is 108 Å². The summed E-state index contributed by atoms with van der Waals surface area (Å²) in [5.74, 6) is 0.326. The van der Waals surface area contributed by atoms with E-state index in [1.54, 1.807) is 43.6 Å². The number of nitrogens with zero attached hydrogens (tertiary/aromatic N) is 4. The molecule has 4 rings (SSSR count). The second kappa shape index (κ2) is 11.1. The summed E-state index contributed by atoms with van der Waals surface area (Å²) in [4.78, 5) is 28.4. The molecule has 3 aromatic rings. The maximum absolute atomic E-state index is 12.5. The van der Waals surface area contributed by atoms with Crippen molar-refractivity contribution in [3.05, 3.63) is 54.4 Å². The maximum atomic E-state index is 12.5. The van der Waals surface area contributed by atoms with E-state index in [4.69, 9.17) is 9.47 Å². The van der Waals surface area contributed by atoms with Crippen molar-refractivity contribution in [3.63, 3.8) is 0 Å². The van der Waals surface area contributed by atoms with Crippen LogP contribution in [0, 0.1) is 0 Å². The lowest BCUT2D eigenvalue weighted by Crippen LogP contribution is -2.18. The molecule has 0 bridgehead atoms. The molecule has 1 aliphatic rings. The van der Waals surface area contributed by atoms with Crippen LogP contribution in [-0.4, -0.2) is 56.7 Å². The van der Waals surface area contributed by atoms with E-state index in [1.165, 1.54) is 11.8 Å². The Kier molecular flexibility index (Phi) is 7.69. The van der Waals surface area contributed by atoms with Crippen LogP contribution >= 0.6 is 11.8 Å². The summed E-state index contributed by atoms with van der Waals surface area (Å²) in [6, 6.07) is 10.4. The van der Waals surface area contributed by atoms with E-state index in [9.17, 15) is 9.59 Å². The number of pyridine rings is 1. The van der Waals surface area contributed by atoms with E-state index in [-0.39, 0.29) is 23.7 Å². The van der Waals surface area contributed by atoms with Crippen LogP contribution < -0.4 is 5.32 Å². The molecule has 1 amide bonds. The molecule has 1 aliphatic heterocycles. The third kappa shape index (κ3) is 5.96. The zero-order valence-electron chi connectivity index (χ0n) is 18.3. The molecular weight excluding hydrogens is 442 g/mol. The number of rotatable bonds is 9. The number of hydrogen-bond donors (Lipinski definition) is 1. The zero-order chi connectivity index (χ0) is 23.0. The summed E-state index contributed by atoms with van der Waals surface area (Å²) in [7, 11) is 0. The molecule has 3 heterocycles. The van der Waals surface area contributed by atoms with Gasteiger partial charge in [-0.3, -0.25) is 14.3 Å². The molecule has 9 nitrogen and oxygen atoms in total. The maximum Gasteiger partial charge on any atom is 0.338 e. The second-order valence-corrected chi connectivity index (χ2v) is 8.36. The van der Waals surface area contributed by atoms with Gasteiger partial charge in [0, 0.05) is 30.3 Å². The van der Waals surface area contributed by atoms with Crippen molar-refractivity contribution >= 4 is 29.3 Å². The highest BCUT2D eigenvalue weighted by atomic mass is 32.2. The minimum Gasteiger partial charge on any atom is -0.462 e. The van der Waals surface area contributed by atoms with Gasteiger partial charge in [0.1, 0.15) is 0 Å². The Morgan fingerprint density at radius 1 is 1.18 bits per heavy atom. The molecule has 1 saturated heterocycles. The Bertz CT molecular complexity index is 1080. The summed E-state index contributed by atoms with van der Waals surface area (Å²) >= 11 is 1.32. The van der Waals surface area contributed by atoms with Crippen LogP contribution in [0.2, 0.25) is 0 Å². The van der Waals surface area contributed by atoms with Crippen molar-refractivity contribution in [1.82, 2.24) is 19.7 Å². The van der Waals surface area contributed by atoms with E-state index < -0.39 is 0 Å². The van der Waals surface area contributed by atoms with Crippen LogP contribution in [-0.2, 0) is 20.8 Å². The SMILES string of the molecule is CCOC(=O)c1ccc(NC(=O)CSc2nnc(-c3ccncc3)n2C[C@H]2CCCO2)cc1. The number of hydrogen-bond acceptors (Lipinski definition) is 8. The number of aromatic nitrogens is 4. The molecule has 0 saturated carbocycles. The van der Waals surface area contributed by atoms with Crippen molar-refractivity contribution in [3.8, 4) is 11.4 Å². The molecule has 0 radical (unpaired) electrons.